The number of benzene rings is 16. The Bertz CT molecular complexity index is 5400. The average Bonchev–Trinajstić information content (AvgIpc) is 1.57. The van der Waals surface area contributed by atoms with Gasteiger partial charge in [-0.1, -0.05) is 246 Å². The van der Waals surface area contributed by atoms with Gasteiger partial charge in [-0.2, -0.15) is 0 Å². The molecule has 2 aliphatic carbocycles. The molecule has 4 nitrogen and oxygen atoms in total. The van der Waals surface area contributed by atoms with Crippen LogP contribution in [0.3, 0.4) is 0 Å². The lowest BCUT2D eigenvalue weighted by atomic mass is 9.82. The Labute approximate surface area is 573 Å². The summed E-state index contributed by atoms with van der Waals surface area (Å²) >= 11 is 0. The van der Waals surface area contributed by atoms with Crippen LogP contribution in [0.2, 0.25) is 0 Å². The van der Waals surface area contributed by atoms with Crippen molar-refractivity contribution >= 4 is 111 Å². The van der Waals surface area contributed by atoms with Crippen LogP contribution in [-0.4, -0.2) is 0 Å². The predicted octanol–water partition coefficient (Wildman–Crippen LogP) is 26.5. The van der Waals surface area contributed by atoms with Crippen LogP contribution in [0.4, 0.5) is 68.2 Å². The first-order valence-electron chi connectivity index (χ1n) is 34.1. The van der Waals surface area contributed by atoms with Gasteiger partial charge in [0, 0.05) is 78.5 Å². The van der Waals surface area contributed by atoms with E-state index in [0.717, 1.165) is 79.4 Å². The highest BCUT2D eigenvalue weighted by molar-refractivity contribution is 6.02. The Morgan fingerprint density at radius 1 is 0.184 bits per heavy atom. The second-order valence-corrected chi connectivity index (χ2v) is 27.3. The molecule has 0 N–H and O–H groups in total. The minimum atomic E-state index is -0.148. The van der Waals surface area contributed by atoms with E-state index < -0.39 is 0 Å². The molecule has 0 amide bonds. The molecule has 0 saturated carbocycles. The van der Waals surface area contributed by atoms with E-state index in [1.807, 2.05) is 0 Å². The second-order valence-electron chi connectivity index (χ2n) is 27.3. The number of hydrogen-bond donors (Lipinski definition) is 0. The second kappa shape index (κ2) is 23.3. The molecular weight excluding hydrogens is 1190 g/mol. The van der Waals surface area contributed by atoms with Crippen molar-refractivity contribution in [2.45, 2.75) is 38.5 Å². The van der Waals surface area contributed by atoms with Gasteiger partial charge < -0.3 is 19.6 Å². The molecule has 0 unspecified atom stereocenters. The predicted molar refractivity (Wildman–Crippen MR) is 416 cm³/mol. The van der Waals surface area contributed by atoms with Crippen molar-refractivity contribution in [3.63, 3.8) is 0 Å². The fourth-order valence-electron chi connectivity index (χ4n) is 16.0. The van der Waals surface area contributed by atoms with Gasteiger partial charge in [-0.25, -0.2) is 0 Å². The van der Waals surface area contributed by atoms with Crippen molar-refractivity contribution in [1.29, 1.82) is 0 Å². The van der Waals surface area contributed by atoms with Crippen molar-refractivity contribution in [3.05, 3.63) is 374 Å². The van der Waals surface area contributed by atoms with Crippen LogP contribution < -0.4 is 19.6 Å². The van der Waals surface area contributed by atoms with Gasteiger partial charge in [-0.15, -0.1) is 0 Å². The normalized spacial score (nSPS) is 13.1. The highest BCUT2D eigenvalue weighted by atomic mass is 15.2. The molecule has 18 rings (SSSR count). The summed E-state index contributed by atoms with van der Waals surface area (Å²) in [6, 6.07) is 130. The Morgan fingerprint density at radius 3 is 0.857 bits per heavy atom. The van der Waals surface area contributed by atoms with Crippen LogP contribution in [0.15, 0.2) is 352 Å². The first-order valence-corrected chi connectivity index (χ1v) is 34.1. The largest absolute Gasteiger partial charge is 0.310 e. The third-order valence-corrected chi connectivity index (χ3v) is 21.0. The standard InChI is InChI=1S/C94H70N4/c1-93(2)87-31-15-13-29-83(87)85-57-55-79(61-89(85)93)97(91-33-17-25-67-21-9-11-27-81(67)91)75-51-47-73(48-52-75)95(77-45-39-63-19-5-7-23-69(63)59-77)71-41-35-65(36-42-71)66-37-43-72(44-38-66)96(78-46-40-64-20-6-8-24-70(64)60-78)74-49-53-76(54-50-74)98(92-34-18-26-68-22-10-12-28-82(68)92)80-56-58-86-84-30-14-16-32-88(84)94(3,4)90(86)62-80/h5-62H,1-4H3. The SMILES string of the molecule is CC1(C)c2ccccc2-c2ccc(N(c3ccc(N(c4ccc(-c5ccc(N(c6ccc(N(c7ccc8c(c7)C(C)(C)c7ccccc7-8)c7cccc8ccccc78)cc6)c6ccc7ccccc7c6)cc5)cc4)c4ccc5ccccc5c4)cc3)c3cccc4ccccc34)cc21. The number of fused-ring (bicyclic) bond motifs is 10. The topological polar surface area (TPSA) is 13.0 Å². The van der Waals surface area contributed by atoms with Gasteiger partial charge in [0.15, 0.2) is 0 Å². The first kappa shape index (κ1) is 58.3. The van der Waals surface area contributed by atoms with Gasteiger partial charge in [-0.05, 0) is 221 Å². The number of anilines is 12. The molecule has 0 spiro atoms. The van der Waals surface area contributed by atoms with Crippen LogP contribution in [0, 0.1) is 0 Å². The lowest BCUT2D eigenvalue weighted by Gasteiger charge is -2.30. The summed E-state index contributed by atoms with van der Waals surface area (Å²) in [5.74, 6) is 0. The van der Waals surface area contributed by atoms with Crippen LogP contribution >= 0.6 is 0 Å². The van der Waals surface area contributed by atoms with Gasteiger partial charge in [0.1, 0.15) is 0 Å². The summed E-state index contributed by atoms with van der Waals surface area (Å²) in [5, 5.41) is 9.60. The van der Waals surface area contributed by atoms with Crippen molar-refractivity contribution < 1.29 is 0 Å². The van der Waals surface area contributed by atoms with Crippen LogP contribution in [0.1, 0.15) is 49.9 Å². The van der Waals surface area contributed by atoms with Crippen LogP contribution in [-0.2, 0) is 10.8 Å². The van der Waals surface area contributed by atoms with Crippen molar-refractivity contribution in [2.24, 2.45) is 0 Å². The molecule has 16 aromatic rings. The smallest absolute Gasteiger partial charge is 0.0540 e. The Morgan fingerprint density at radius 2 is 0.459 bits per heavy atom. The lowest BCUT2D eigenvalue weighted by molar-refractivity contribution is 0.660. The van der Waals surface area contributed by atoms with Crippen molar-refractivity contribution in [1.82, 2.24) is 0 Å². The minimum Gasteiger partial charge on any atom is -0.310 e. The quantitative estimate of drug-likeness (QED) is 0.114. The number of hydrogen-bond acceptors (Lipinski definition) is 4. The van der Waals surface area contributed by atoms with E-state index in [2.05, 4.69) is 399 Å². The highest BCUT2D eigenvalue weighted by Gasteiger charge is 2.38. The summed E-state index contributed by atoms with van der Waals surface area (Å²) in [5.41, 5.74) is 25.8. The number of rotatable bonds is 13. The summed E-state index contributed by atoms with van der Waals surface area (Å²) in [7, 11) is 0. The van der Waals surface area contributed by atoms with Gasteiger partial charge in [0.05, 0.1) is 11.4 Å². The van der Waals surface area contributed by atoms with Gasteiger partial charge >= 0.3 is 0 Å². The maximum atomic E-state index is 2.44. The zero-order chi connectivity index (χ0) is 65.6. The average molecular weight is 1260 g/mol. The van der Waals surface area contributed by atoms with E-state index in [1.54, 1.807) is 0 Å². The number of nitrogens with zero attached hydrogens (tertiary/aromatic N) is 4. The van der Waals surface area contributed by atoms with E-state index in [1.165, 1.54) is 87.6 Å². The molecule has 2 aliphatic rings. The highest BCUT2D eigenvalue weighted by Crippen LogP contribution is 2.54. The Balaban J connectivity index is 0.694. The lowest BCUT2D eigenvalue weighted by Crippen LogP contribution is -2.16. The van der Waals surface area contributed by atoms with Gasteiger partial charge in [0.25, 0.3) is 0 Å². The first-order chi connectivity index (χ1) is 48.1. The molecule has 466 valence electrons. The summed E-state index contributed by atoms with van der Waals surface area (Å²) in [4.78, 5) is 9.67. The molecule has 0 saturated heterocycles. The van der Waals surface area contributed by atoms with Gasteiger partial charge in [-0.3, -0.25) is 0 Å². The molecule has 0 aromatic heterocycles. The van der Waals surface area contributed by atoms with Crippen molar-refractivity contribution in [3.8, 4) is 33.4 Å². The molecule has 98 heavy (non-hydrogen) atoms. The zero-order valence-corrected chi connectivity index (χ0v) is 55.3. The monoisotopic (exact) mass is 1250 g/mol. The third-order valence-electron chi connectivity index (χ3n) is 21.0. The molecular formula is C94H70N4. The van der Waals surface area contributed by atoms with E-state index in [9.17, 15) is 0 Å². The third kappa shape index (κ3) is 9.82. The fourth-order valence-corrected chi connectivity index (χ4v) is 16.0. The molecule has 4 heteroatoms. The molecule has 0 radical (unpaired) electrons. The molecule has 16 aromatic carbocycles. The minimum absolute atomic E-state index is 0.148. The molecule has 0 heterocycles. The summed E-state index contributed by atoms with van der Waals surface area (Å²) in [6.45, 7) is 9.45. The Hall–Kier alpha value is -12.2. The van der Waals surface area contributed by atoms with E-state index >= 15 is 0 Å². The van der Waals surface area contributed by atoms with E-state index in [4.69, 9.17) is 0 Å². The van der Waals surface area contributed by atoms with Gasteiger partial charge in [0.2, 0.25) is 0 Å². The Kier molecular flexibility index (Phi) is 13.9. The molecule has 0 bridgehead atoms. The molecule has 0 aliphatic heterocycles. The van der Waals surface area contributed by atoms with Crippen LogP contribution in [0.5, 0.6) is 0 Å². The molecule has 0 fully saturated rings. The summed E-state index contributed by atoms with van der Waals surface area (Å²) in [6.07, 6.45) is 0. The molecule has 0 atom stereocenters. The van der Waals surface area contributed by atoms with Crippen LogP contribution in [0.25, 0.3) is 76.5 Å². The van der Waals surface area contributed by atoms with E-state index in [-0.39, 0.29) is 10.8 Å². The maximum absolute atomic E-state index is 2.44. The zero-order valence-electron chi connectivity index (χ0n) is 55.3. The summed E-state index contributed by atoms with van der Waals surface area (Å²) < 4.78 is 0. The maximum Gasteiger partial charge on any atom is 0.0540 e. The fraction of sp³-hybridized carbons (Fsp3) is 0.0638. The van der Waals surface area contributed by atoms with Crippen molar-refractivity contribution in [2.75, 3.05) is 19.6 Å². The van der Waals surface area contributed by atoms with E-state index in [0.29, 0.717) is 0 Å².